The number of urea groups is 1. The van der Waals surface area contributed by atoms with Crippen molar-refractivity contribution in [1.29, 1.82) is 5.26 Å². The van der Waals surface area contributed by atoms with Crippen molar-refractivity contribution in [3.05, 3.63) is 29.8 Å². The minimum Gasteiger partial charge on any atom is -0.336 e. The minimum atomic E-state index is -3.56. The van der Waals surface area contributed by atoms with Crippen LogP contribution in [0.3, 0.4) is 0 Å². The summed E-state index contributed by atoms with van der Waals surface area (Å²) in [5.74, 6) is 0. The molecular weight excluding hydrogens is 304 g/mol. The number of benzene rings is 1. The molecule has 7 nitrogen and oxygen atoms in total. The number of anilines is 1. The fraction of sp³-hybridized carbons (Fsp3) is 0.429. The predicted molar refractivity (Wildman–Crippen MR) is 85.0 cm³/mol. The minimum absolute atomic E-state index is 0.00896. The van der Waals surface area contributed by atoms with Gasteiger partial charge in [0.1, 0.15) is 6.07 Å². The molecule has 2 N–H and O–H groups in total. The molecule has 120 valence electrons. The normalized spacial score (nSPS) is 10.9. The summed E-state index contributed by atoms with van der Waals surface area (Å²) >= 11 is 0. The van der Waals surface area contributed by atoms with Crippen molar-refractivity contribution in [2.24, 2.45) is 0 Å². The Morgan fingerprint density at radius 1 is 1.36 bits per heavy atom. The monoisotopic (exact) mass is 324 g/mol. The van der Waals surface area contributed by atoms with Crippen LogP contribution in [0, 0.1) is 11.3 Å². The largest absolute Gasteiger partial charge is 0.336 e. The lowest BCUT2D eigenvalue weighted by molar-refractivity contribution is 0.239. The van der Waals surface area contributed by atoms with Gasteiger partial charge in [-0.25, -0.2) is 13.2 Å². The van der Waals surface area contributed by atoms with E-state index in [2.05, 4.69) is 10.6 Å². The molecule has 2 amide bonds. The van der Waals surface area contributed by atoms with Gasteiger partial charge in [0.2, 0.25) is 10.0 Å². The Labute approximate surface area is 131 Å². The molecular formula is C14H20N4O3S. The van der Waals surface area contributed by atoms with Gasteiger partial charge in [-0.1, -0.05) is 12.1 Å². The molecule has 0 aliphatic heterocycles. The lowest BCUT2D eigenvalue weighted by Gasteiger charge is -2.23. The number of carbonyl (C=O) groups is 1. The van der Waals surface area contributed by atoms with E-state index in [4.69, 9.17) is 5.26 Å². The van der Waals surface area contributed by atoms with E-state index in [-0.39, 0.29) is 30.7 Å². The Hall–Kier alpha value is -2.27. The molecule has 0 atom stereocenters. The Bertz CT molecular complexity index is 665. The summed E-state index contributed by atoms with van der Waals surface area (Å²) < 4.78 is 25.0. The molecule has 1 rings (SSSR count). The first-order valence-electron chi connectivity index (χ1n) is 6.77. The number of hydrogen-bond donors (Lipinski definition) is 2. The van der Waals surface area contributed by atoms with Gasteiger partial charge in [0.05, 0.1) is 24.1 Å². The van der Waals surface area contributed by atoms with Gasteiger partial charge in [-0.3, -0.25) is 4.31 Å². The zero-order chi connectivity index (χ0) is 16.8. The highest BCUT2D eigenvalue weighted by Crippen LogP contribution is 2.21. The second-order valence-corrected chi connectivity index (χ2v) is 6.93. The van der Waals surface area contributed by atoms with Crippen LogP contribution in [0.25, 0.3) is 0 Å². The second kappa shape index (κ2) is 7.66. The van der Waals surface area contributed by atoms with E-state index in [1.165, 1.54) is 0 Å². The van der Waals surface area contributed by atoms with Crippen molar-refractivity contribution in [3.63, 3.8) is 0 Å². The van der Waals surface area contributed by atoms with Gasteiger partial charge in [0.25, 0.3) is 0 Å². The van der Waals surface area contributed by atoms with Gasteiger partial charge in [0, 0.05) is 12.6 Å². The van der Waals surface area contributed by atoms with Gasteiger partial charge in [-0.2, -0.15) is 5.26 Å². The summed E-state index contributed by atoms with van der Waals surface area (Å²) in [5.41, 5.74) is 0.568. The number of para-hydroxylation sites is 1. The lowest BCUT2D eigenvalue weighted by atomic mass is 10.2. The number of sulfonamides is 1. The highest BCUT2D eigenvalue weighted by molar-refractivity contribution is 7.92. The Morgan fingerprint density at radius 2 is 2.00 bits per heavy atom. The van der Waals surface area contributed by atoms with Crippen LogP contribution in [0.4, 0.5) is 10.5 Å². The molecule has 0 saturated carbocycles. The van der Waals surface area contributed by atoms with Gasteiger partial charge in [0.15, 0.2) is 0 Å². The van der Waals surface area contributed by atoms with Crippen molar-refractivity contribution >= 4 is 21.7 Å². The molecule has 22 heavy (non-hydrogen) atoms. The number of carbonyl (C=O) groups excluding carboxylic acids is 1. The summed E-state index contributed by atoms with van der Waals surface area (Å²) in [6, 6.07) is 8.03. The molecule has 0 aliphatic rings. The maximum absolute atomic E-state index is 11.9. The van der Waals surface area contributed by atoms with Gasteiger partial charge in [-0.05, 0) is 26.0 Å². The standard InChI is InChI=1S/C14H20N4O3S/c1-11(2)17-14(19)16-8-9-18(22(3,20)21)13-7-5-4-6-12(13)10-15/h4-7,11H,8-9H2,1-3H3,(H2,16,17,19). The maximum Gasteiger partial charge on any atom is 0.315 e. The van der Waals surface area contributed by atoms with Crippen LogP contribution in [0.2, 0.25) is 0 Å². The Balaban J connectivity index is 2.84. The quantitative estimate of drug-likeness (QED) is 0.816. The highest BCUT2D eigenvalue weighted by atomic mass is 32.2. The highest BCUT2D eigenvalue weighted by Gasteiger charge is 2.20. The van der Waals surface area contributed by atoms with Crippen LogP contribution < -0.4 is 14.9 Å². The third kappa shape index (κ3) is 5.26. The van der Waals surface area contributed by atoms with E-state index in [9.17, 15) is 13.2 Å². The summed E-state index contributed by atoms with van der Waals surface area (Å²) in [6.45, 7) is 3.82. The topological polar surface area (TPSA) is 102 Å². The van der Waals surface area contributed by atoms with Gasteiger partial charge in [-0.15, -0.1) is 0 Å². The van der Waals surface area contributed by atoms with E-state index >= 15 is 0 Å². The molecule has 0 radical (unpaired) electrons. The molecule has 1 aromatic rings. The second-order valence-electron chi connectivity index (χ2n) is 5.02. The molecule has 0 unspecified atom stereocenters. The first-order chi connectivity index (χ1) is 10.3. The summed E-state index contributed by atoms with van der Waals surface area (Å²) in [6.07, 6.45) is 1.06. The number of nitriles is 1. The number of nitrogens with zero attached hydrogens (tertiary/aromatic N) is 2. The van der Waals surface area contributed by atoms with Crippen molar-refractivity contribution in [2.45, 2.75) is 19.9 Å². The molecule has 0 aliphatic carbocycles. The van der Waals surface area contributed by atoms with E-state index in [1.54, 1.807) is 24.3 Å². The van der Waals surface area contributed by atoms with Crippen LogP contribution >= 0.6 is 0 Å². The Kier molecular flexibility index (Phi) is 6.19. The Morgan fingerprint density at radius 3 is 2.55 bits per heavy atom. The number of hydrogen-bond acceptors (Lipinski definition) is 4. The molecule has 1 aromatic carbocycles. The van der Waals surface area contributed by atoms with Crippen LogP contribution in [0.15, 0.2) is 24.3 Å². The molecule has 0 aromatic heterocycles. The zero-order valence-corrected chi connectivity index (χ0v) is 13.6. The molecule has 0 saturated heterocycles. The van der Waals surface area contributed by atoms with Crippen molar-refractivity contribution in [3.8, 4) is 6.07 Å². The van der Waals surface area contributed by atoms with Gasteiger partial charge < -0.3 is 10.6 Å². The average molecular weight is 324 g/mol. The SMILES string of the molecule is CC(C)NC(=O)NCCN(c1ccccc1C#N)S(C)(=O)=O. The van der Waals surface area contributed by atoms with E-state index in [1.807, 2.05) is 19.9 Å². The first kappa shape index (κ1) is 17.8. The fourth-order valence-corrected chi connectivity index (χ4v) is 2.77. The number of amides is 2. The van der Waals surface area contributed by atoms with Crippen LogP contribution in [-0.2, 0) is 10.0 Å². The number of rotatable bonds is 6. The average Bonchev–Trinajstić information content (AvgIpc) is 2.41. The third-order valence-electron chi connectivity index (χ3n) is 2.71. The molecule has 0 heterocycles. The van der Waals surface area contributed by atoms with Crippen LogP contribution in [-0.4, -0.2) is 39.8 Å². The zero-order valence-electron chi connectivity index (χ0n) is 12.8. The van der Waals surface area contributed by atoms with Crippen LogP contribution in [0.1, 0.15) is 19.4 Å². The first-order valence-corrected chi connectivity index (χ1v) is 8.61. The lowest BCUT2D eigenvalue weighted by Crippen LogP contribution is -2.44. The summed E-state index contributed by atoms with van der Waals surface area (Å²) in [5, 5.41) is 14.3. The molecule has 8 heteroatoms. The van der Waals surface area contributed by atoms with Gasteiger partial charge >= 0.3 is 6.03 Å². The van der Waals surface area contributed by atoms with Crippen molar-refractivity contribution < 1.29 is 13.2 Å². The maximum atomic E-state index is 11.9. The molecule has 0 fully saturated rings. The summed E-state index contributed by atoms with van der Waals surface area (Å²) in [4.78, 5) is 11.5. The van der Waals surface area contributed by atoms with Crippen molar-refractivity contribution in [1.82, 2.24) is 10.6 Å². The van der Waals surface area contributed by atoms with E-state index in [0.29, 0.717) is 5.69 Å². The van der Waals surface area contributed by atoms with Crippen molar-refractivity contribution in [2.75, 3.05) is 23.7 Å². The predicted octanol–water partition coefficient (Wildman–Crippen LogP) is 1.03. The molecule has 0 spiro atoms. The fourth-order valence-electron chi connectivity index (χ4n) is 1.83. The molecule has 0 bridgehead atoms. The summed E-state index contributed by atoms with van der Waals surface area (Å²) in [7, 11) is -3.56. The van der Waals surface area contributed by atoms with E-state index < -0.39 is 10.0 Å². The smallest absolute Gasteiger partial charge is 0.315 e. The number of nitrogens with one attached hydrogen (secondary N) is 2. The third-order valence-corrected chi connectivity index (χ3v) is 3.89. The van der Waals surface area contributed by atoms with E-state index in [0.717, 1.165) is 10.6 Å². The van der Waals surface area contributed by atoms with Crippen LogP contribution in [0.5, 0.6) is 0 Å².